The first kappa shape index (κ1) is 15.3. The molecule has 2 unspecified atom stereocenters. The predicted octanol–water partition coefficient (Wildman–Crippen LogP) is 3.85. The number of carboxylic acid groups (broad SMARTS) is 1. The fourth-order valence-electron chi connectivity index (χ4n) is 2.70. The minimum absolute atomic E-state index is 0.0374. The number of imidazole rings is 1. The van der Waals surface area contributed by atoms with E-state index in [0.717, 1.165) is 26.1 Å². The van der Waals surface area contributed by atoms with E-state index in [-0.39, 0.29) is 17.5 Å². The number of nitrogens with one attached hydrogen (secondary N) is 1. The number of halogens is 2. The number of amides is 1. The van der Waals surface area contributed by atoms with E-state index in [0.29, 0.717) is 0 Å². The van der Waals surface area contributed by atoms with Crippen molar-refractivity contribution in [1.29, 1.82) is 0 Å². The summed E-state index contributed by atoms with van der Waals surface area (Å²) in [5.41, 5.74) is -0.0555. The van der Waals surface area contributed by atoms with E-state index < -0.39 is 6.09 Å². The largest absolute Gasteiger partial charge is 0.465 e. The van der Waals surface area contributed by atoms with E-state index in [2.05, 4.69) is 75.9 Å². The summed E-state index contributed by atoms with van der Waals surface area (Å²) in [5, 5.41) is 9.54. The smallest absolute Gasteiger partial charge is 0.408 e. The lowest BCUT2D eigenvalue weighted by Gasteiger charge is -2.35. The summed E-state index contributed by atoms with van der Waals surface area (Å²) in [6.45, 7) is 6.27. The van der Waals surface area contributed by atoms with Crippen LogP contribution in [0.15, 0.2) is 0 Å². The molecule has 1 aliphatic rings. The Bertz CT molecular complexity index is 476. The average molecular weight is 489 g/mol. The van der Waals surface area contributed by atoms with Gasteiger partial charge in [-0.05, 0) is 63.4 Å². The molecule has 2 rings (SSSR count). The first-order chi connectivity index (χ1) is 8.71. The SMILES string of the molecule is CC(C)(C)C1CCC(c2nc(I)c(I)[nH]2)N1C(=O)O. The summed E-state index contributed by atoms with van der Waals surface area (Å²) < 4.78 is 1.87. The number of likely N-dealkylation sites (tertiary alicyclic amines) is 1. The maximum atomic E-state index is 11.6. The first-order valence-electron chi connectivity index (χ1n) is 6.14. The summed E-state index contributed by atoms with van der Waals surface area (Å²) in [5.74, 6) is 0.767. The number of carbonyl (C=O) groups is 1. The van der Waals surface area contributed by atoms with Gasteiger partial charge in [-0.25, -0.2) is 9.78 Å². The van der Waals surface area contributed by atoms with Crippen LogP contribution in [-0.4, -0.2) is 32.1 Å². The molecule has 0 aromatic carbocycles. The van der Waals surface area contributed by atoms with E-state index in [4.69, 9.17) is 0 Å². The number of nitrogens with zero attached hydrogens (tertiary/aromatic N) is 2. The lowest BCUT2D eigenvalue weighted by molar-refractivity contribution is 0.0851. The van der Waals surface area contributed by atoms with Gasteiger partial charge in [0, 0.05) is 6.04 Å². The molecule has 106 valence electrons. The third-order valence-electron chi connectivity index (χ3n) is 3.56. The maximum Gasteiger partial charge on any atom is 0.408 e. The van der Waals surface area contributed by atoms with Gasteiger partial charge in [0.2, 0.25) is 0 Å². The molecule has 5 nitrogen and oxygen atoms in total. The highest BCUT2D eigenvalue weighted by atomic mass is 127. The van der Waals surface area contributed by atoms with E-state index >= 15 is 0 Å². The Labute approximate surface area is 139 Å². The molecule has 2 N–H and O–H groups in total. The van der Waals surface area contributed by atoms with Crippen LogP contribution in [0, 0.1) is 12.8 Å². The van der Waals surface area contributed by atoms with Crippen molar-refractivity contribution in [2.45, 2.75) is 45.7 Å². The zero-order valence-electron chi connectivity index (χ0n) is 11.1. The van der Waals surface area contributed by atoms with Crippen LogP contribution in [0.5, 0.6) is 0 Å². The van der Waals surface area contributed by atoms with E-state index in [1.165, 1.54) is 0 Å². The van der Waals surface area contributed by atoms with Crippen molar-refractivity contribution in [3.05, 3.63) is 13.2 Å². The van der Waals surface area contributed by atoms with Crippen LogP contribution in [0.2, 0.25) is 0 Å². The fraction of sp³-hybridized carbons (Fsp3) is 0.667. The molecule has 2 heterocycles. The minimum atomic E-state index is -0.858. The fourth-order valence-corrected chi connectivity index (χ4v) is 3.49. The molecule has 0 bridgehead atoms. The monoisotopic (exact) mass is 489 g/mol. The summed E-state index contributed by atoms with van der Waals surface area (Å²) in [6.07, 6.45) is 0.853. The molecule has 1 fully saturated rings. The topological polar surface area (TPSA) is 69.2 Å². The Kier molecular flexibility index (Phi) is 4.34. The zero-order valence-corrected chi connectivity index (χ0v) is 15.4. The average Bonchev–Trinajstić information content (AvgIpc) is 2.82. The van der Waals surface area contributed by atoms with Crippen LogP contribution in [0.25, 0.3) is 0 Å². The molecule has 0 spiro atoms. The number of aromatic amines is 1. The lowest BCUT2D eigenvalue weighted by Crippen LogP contribution is -2.43. The van der Waals surface area contributed by atoms with Crippen molar-refractivity contribution in [3.63, 3.8) is 0 Å². The molecule has 1 aromatic heterocycles. The molecule has 0 radical (unpaired) electrons. The molecule has 1 aromatic rings. The van der Waals surface area contributed by atoms with Gasteiger partial charge in [0.1, 0.15) is 13.2 Å². The highest BCUT2D eigenvalue weighted by Crippen LogP contribution is 2.42. The Hall–Kier alpha value is -0.0600. The molecule has 1 aliphatic heterocycles. The third-order valence-corrected chi connectivity index (χ3v) is 6.15. The first-order valence-corrected chi connectivity index (χ1v) is 8.29. The van der Waals surface area contributed by atoms with Crippen molar-refractivity contribution in [1.82, 2.24) is 14.9 Å². The van der Waals surface area contributed by atoms with Gasteiger partial charge < -0.3 is 10.1 Å². The van der Waals surface area contributed by atoms with Gasteiger partial charge in [-0.3, -0.25) is 4.90 Å². The second kappa shape index (κ2) is 5.38. The number of hydrogen-bond acceptors (Lipinski definition) is 2. The van der Waals surface area contributed by atoms with Crippen LogP contribution >= 0.6 is 45.2 Å². The van der Waals surface area contributed by atoms with Crippen LogP contribution in [0.1, 0.15) is 45.5 Å². The number of hydrogen-bond donors (Lipinski definition) is 2. The molecule has 1 saturated heterocycles. The maximum absolute atomic E-state index is 11.6. The quantitative estimate of drug-likeness (QED) is 0.590. The van der Waals surface area contributed by atoms with Gasteiger partial charge in [-0.1, -0.05) is 20.8 Å². The van der Waals surface area contributed by atoms with Crippen LogP contribution in [-0.2, 0) is 0 Å². The van der Waals surface area contributed by atoms with Gasteiger partial charge in [0.25, 0.3) is 0 Å². The molecular weight excluding hydrogens is 472 g/mol. The van der Waals surface area contributed by atoms with Gasteiger partial charge in [-0.15, -0.1) is 0 Å². The molecule has 7 heteroatoms. The highest BCUT2D eigenvalue weighted by Gasteiger charge is 2.44. The summed E-state index contributed by atoms with van der Waals surface area (Å²) in [4.78, 5) is 20.9. The zero-order chi connectivity index (χ0) is 14.4. The van der Waals surface area contributed by atoms with E-state index in [9.17, 15) is 9.90 Å². The minimum Gasteiger partial charge on any atom is -0.465 e. The second-order valence-corrected chi connectivity index (χ2v) is 7.99. The van der Waals surface area contributed by atoms with E-state index in [1.807, 2.05) is 0 Å². The van der Waals surface area contributed by atoms with E-state index in [1.54, 1.807) is 4.90 Å². The number of rotatable bonds is 1. The van der Waals surface area contributed by atoms with Crippen LogP contribution in [0.4, 0.5) is 4.79 Å². The Morgan fingerprint density at radius 2 is 2.05 bits per heavy atom. The van der Waals surface area contributed by atoms with Crippen LogP contribution in [0.3, 0.4) is 0 Å². The Morgan fingerprint density at radius 3 is 2.47 bits per heavy atom. The number of H-pyrrole nitrogens is 1. The van der Waals surface area contributed by atoms with Crippen molar-refractivity contribution in [3.8, 4) is 0 Å². The molecule has 2 atom stereocenters. The summed E-state index contributed by atoms with van der Waals surface area (Å²) in [6, 6.07) is -0.117. The van der Waals surface area contributed by atoms with Gasteiger partial charge >= 0.3 is 6.09 Å². The lowest BCUT2D eigenvalue weighted by atomic mass is 9.85. The van der Waals surface area contributed by atoms with Gasteiger partial charge in [0.05, 0.1) is 6.04 Å². The second-order valence-electron chi connectivity index (χ2n) is 5.89. The van der Waals surface area contributed by atoms with Crippen molar-refractivity contribution >= 4 is 51.3 Å². The third kappa shape index (κ3) is 3.01. The van der Waals surface area contributed by atoms with Crippen molar-refractivity contribution in [2.24, 2.45) is 5.41 Å². The van der Waals surface area contributed by atoms with Crippen molar-refractivity contribution in [2.75, 3.05) is 0 Å². The molecule has 19 heavy (non-hydrogen) atoms. The molecule has 0 saturated carbocycles. The summed E-state index contributed by atoms with van der Waals surface area (Å²) >= 11 is 4.35. The predicted molar refractivity (Wildman–Crippen MR) is 89.1 cm³/mol. The summed E-state index contributed by atoms with van der Waals surface area (Å²) in [7, 11) is 0. The van der Waals surface area contributed by atoms with Gasteiger partial charge in [-0.2, -0.15) is 0 Å². The molecular formula is C12H17I2N3O2. The Morgan fingerprint density at radius 1 is 1.42 bits per heavy atom. The number of aromatic nitrogens is 2. The highest BCUT2D eigenvalue weighted by molar-refractivity contribution is 14.1. The Balaban J connectivity index is 2.34. The van der Waals surface area contributed by atoms with Crippen LogP contribution < -0.4 is 0 Å². The van der Waals surface area contributed by atoms with Crippen molar-refractivity contribution < 1.29 is 9.90 Å². The molecule has 1 amide bonds. The molecule has 0 aliphatic carbocycles. The van der Waals surface area contributed by atoms with Gasteiger partial charge in [0.15, 0.2) is 0 Å². The normalized spacial score (nSPS) is 23.9. The standard InChI is InChI=1S/C12H17I2N3O2/c1-12(2,3)7-5-4-6(17(7)11(18)19)10-15-8(13)9(14)16-10/h6-7H,4-5H2,1-3H3,(H,15,16)(H,18,19).